The molecular weight excluding hydrogens is 521 g/mol. The first kappa shape index (κ1) is 27.1. The largest absolute Gasteiger partial charge is 0.495 e. The fourth-order valence-corrected chi connectivity index (χ4v) is 3.86. The number of methoxy groups -OCH3 is 1. The van der Waals surface area contributed by atoms with Gasteiger partial charge in [0.2, 0.25) is 0 Å². The predicted molar refractivity (Wildman–Crippen MR) is 138 cm³/mol. The van der Waals surface area contributed by atoms with Gasteiger partial charge in [-0.3, -0.25) is 9.78 Å². The van der Waals surface area contributed by atoms with Gasteiger partial charge in [0.15, 0.2) is 0 Å². The molecule has 0 aliphatic rings. The van der Waals surface area contributed by atoms with Crippen molar-refractivity contribution in [2.24, 2.45) is 0 Å². The van der Waals surface area contributed by atoms with Gasteiger partial charge in [-0.1, -0.05) is 23.7 Å². The molecule has 4 rings (SSSR count). The van der Waals surface area contributed by atoms with Crippen molar-refractivity contribution in [2.45, 2.75) is 19.6 Å². The van der Waals surface area contributed by atoms with Gasteiger partial charge in [0.05, 0.1) is 35.8 Å². The number of benzene rings is 2. The van der Waals surface area contributed by atoms with Crippen LogP contribution in [-0.2, 0) is 12.7 Å². The summed E-state index contributed by atoms with van der Waals surface area (Å²) in [6, 6.07) is 9.74. The first-order valence-corrected chi connectivity index (χ1v) is 11.9. The van der Waals surface area contributed by atoms with Gasteiger partial charge >= 0.3 is 6.18 Å². The van der Waals surface area contributed by atoms with Crippen LogP contribution in [0.1, 0.15) is 28.4 Å². The summed E-state index contributed by atoms with van der Waals surface area (Å²) in [4.78, 5) is 19.0. The number of carbonyl (C=O) groups is 1. The second-order valence-electron chi connectivity index (χ2n) is 8.53. The number of alkyl halides is 3. The Morgan fingerprint density at radius 1 is 1.16 bits per heavy atom. The molecule has 0 bridgehead atoms. The number of aromatic nitrogens is 4. The third-order valence-electron chi connectivity index (χ3n) is 5.76. The van der Waals surface area contributed by atoms with Crippen molar-refractivity contribution in [3.63, 3.8) is 0 Å². The number of nitrogens with zero attached hydrogens (tertiary/aromatic N) is 5. The molecule has 0 atom stereocenters. The standard InChI is InChI=1S/C26H24ClF3N6O2/c1-4-35(2)14-16-7-19(26(28,29)30)11-20(8-16)32-25(37)17-5-6-22(27)24(10-17)36-15-23(33-34-36)18-9-21(38-3)13-31-12-18/h5-13,15H,4,14H2,1-3H3,(H,32,37). The van der Waals surface area contributed by atoms with Crippen LogP contribution < -0.4 is 10.1 Å². The maximum atomic E-state index is 13.5. The highest BCUT2D eigenvalue weighted by Gasteiger charge is 2.31. The van der Waals surface area contributed by atoms with Gasteiger partial charge in [0.25, 0.3) is 5.91 Å². The Morgan fingerprint density at radius 3 is 2.66 bits per heavy atom. The molecular formula is C26H24ClF3N6O2. The van der Waals surface area contributed by atoms with Crippen molar-refractivity contribution in [2.75, 3.05) is 26.0 Å². The molecule has 0 fully saturated rings. The number of pyridine rings is 1. The smallest absolute Gasteiger partial charge is 0.416 e. The van der Waals surface area contributed by atoms with E-state index in [1.54, 1.807) is 31.7 Å². The van der Waals surface area contributed by atoms with Crippen molar-refractivity contribution in [1.82, 2.24) is 24.9 Å². The summed E-state index contributed by atoms with van der Waals surface area (Å²) in [5.41, 5.74) is 1.32. The van der Waals surface area contributed by atoms with E-state index in [2.05, 4.69) is 20.6 Å². The highest BCUT2D eigenvalue weighted by molar-refractivity contribution is 6.32. The van der Waals surface area contributed by atoms with E-state index < -0.39 is 17.6 Å². The van der Waals surface area contributed by atoms with Gasteiger partial charge in [-0.15, -0.1) is 5.10 Å². The number of anilines is 1. The van der Waals surface area contributed by atoms with Crippen LogP contribution in [0.25, 0.3) is 16.9 Å². The van der Waals surface area contributed by atoms with Gasteiger partial charge < -0.3 is 15.0 Å². The van der Waals surface area contributed by atoms with E-state index in [1.165, 1.54) is 36.1 Å². The second kappa shape index (κ2) is 11.2. The molecule has 0 spiro atoms. The van der Waals surface area contributed by atoms with Crippen LogP contribution in [0, 0.1) is 0 Å². The van der Waals surface area contributed by atoms with Crippen LogP contribution in [0.5, 0.6) is 5.75 Å². The summed E-state index contributed by atoms with van der Waals surface area (Å²) in [7, 11) is 3.33. The minimum atomic E-state index is -4.56. The lowest BCUT2D eigenvalue weighted by Gasteiger charge is -2.17. The molecule has 198 valence electrons. The van der Waals surface area contributed by atoms with Crippen LogP contribution in [0.2, 0.25) is 5.02 Å². The number of hydrogen-bond donors (Lipinski definition) is 1. The Bertz CT molecular complexity index is 1460. The zero-order valence-corrected chi connectivity index (χ0v) is 21.5. The van der Waals surface area contributed by atoms with Gasteiger partial charge in [0, 0.05) is 29.6 Å². The molecule has 8 nitrogen and oxygen atoms in total. The third-order valence-corrected chi connectivity index (χ3v) is 6.08. The highest BCUT2D eigenvalue weighted by Crippen LogP contribution is 2.33. The molecule has 38 heavy (non-hydrogen) atoms. The number of nitrogens with one attached hydrogen (secondary N) is 1. The van der Waals surface area contributed by atoms with Crippen LogP contribution in [0.3, 0.4) is 0 Å². The Hall–Kier alpha value is -3.96. The number of amides is 1. The molecule has 0 saturated heterocycles. The van der Waals surface area contributed by atoms with Gasteiger partial charge in [-0.25, -0.2) is 4.68 Å². The minimum Gasteiger partial charge on any atom is -0.495 e. The van der Waals surface area contributed by atoms with Gasteiger partial charge in [0.1, 0.15) is 11.4 Å². The van der Waals surface area contributed by atoms with Crippen LogP contribution in [0.15, 0.2) is 61.1 Å². The van der Waals surface area contributed by atoms with Gasteiger partial charge in [-0.05, 0) is 61.6 Å². The molecule has 0 radical (unpaired) electrons. The molecule has 2 heterocycles. The minimum absolute atomic E-state index is 0.0365. The molecule has 0 aliphatic carbocycles. The molecule has 0 saturated carbocycles. The lowest BCUT2D eigenvalue weighted by molar-refractivity contribution is -0.137. The number of rotatable bonds is 8. The van der Waals surface area contributed by atoms with Gasteiger partial charge in [-0.2, -0.15) is 13.2 Å². The summed E-state index contributed by atoms with van der Waals surface area (Å²) >= 11 is 6.37. The fraction of sp³-hybridized carbons (Fsp3) is 0.231. The van der Waals surface area contributed by atoms with Crippen LogP contribution >= 0.6 is 11.6 Å². The molecule has 12 heteroatoms. The first-order chi connectivity index (χ1) is 18.1. The topological polar surface area (TPSA) is 85.2 Å². The normalized spacial score (nSPS) is 11.6. The van der Waals surface area contributed by atoms with Crippen molar-refractivity contribution in [3.05, 3.63) is 82.8 Å². The van der Waals surface area contributed by atoms with E-state index in [0.29, 0.717) is 46.4 Å². The van der Waals surface area contributed by atoms with Crippen LogP contribution in [-0.4, -0.2) is 51.5 Å². The maximum Gasteiger partial charge on any atom is 0.416 e. The number of ether oxygens (including phenoxy) is 1. The third kappa shape index (κ3) is 6.29. The first-order valence-electron chi connectivity index (χ1n) is 11.5. The van der Waals surface area contributed by atoms with Crippen LogP contribution in [0.4, 0.5) is 18.9 Å². The Morgan fingerprint density at radius 2 is 1.95 bits per heavy atom. The molecule has 1 amide bonds. The SMILES string of the molecule is CCN(C)Cc1cc(NC(=O)c2ccc(Cl)c(-n3cc(-c4cncc(OC)c4)nn3)c2)cc(C(F)(F)F)c1. The quantitative estimate of drug-likeness (QED) is 0.306. The molecule has 0 aliphatic heterocycles. The predicted octanol–water partition coefficient (Wildman–Crippen LogP) is 5.71. The zero-order chi connectivity index (χ0) is 27.4. The second-order valence-corrected chi connectivity index (χ2v) is 8.94. The lowest BCUT2D eigenvalue weighted by Crippen LogP contribution is -2.18. The summed E-state index contributed by atoms with van der Waals surface area (Å²) in [5.74, 6) is -0.0535. The maximum absolute atomic E-state index is 13.5. The lowest BCUT2D eigenvalue weighted by atomic mass is 10.1. The van der Waals surface area contributed by atoms with E-state index in [0.717, 1.165) is 12.1 Å². The summed E-state index contributed by atoms with van der Waals surface area (Å²) < 4.78 is 47.1. The Labute approximate surface area is 222 Å². The van der Waals surface area contributed by atoms with E-state index in [1.807, 2.05) is 11.8 Å². The molecule has 2 aromatic carbocycles. The van der Waals surface area contributed by atoms with Crippen molar-refractivity contribution < 1.29 is 22.7 Å². The Kier molecular flexibility index (Phi) is 7.98. The molecule has 1 N–H and O–H groups in total. The van der Waals surface area contributed by atoms with E-state index in [-0.39, 0.29) is 11.3 Å². The highest BCUT2D eigenvalue weighted by atomic mass is 35.5. The van der Waals surface area contributed by atoms with Crippen molar-refractivity contribution in [3.8, 4) is 22.7 Å². The summed E-state index contributed by atoms with van der Waals surface area (Å²) in [6.07, 6.45) is 0.214. The average molecular weight is 545 g/mol. The van der Waals surface area contributed by atoms with Crippen molar-refractivity contribution >= 4 is 23.2 Å². The fourth-order valence-electron chi connectivity index (χ4n) is 3.66. The number of halogens is 4. The summed E-state index contributed by atoms with van der Waals surface area (Å²) in [5, 5.41) is 11.1. The van der Waals surface area contributed by atoms with E-state index in [4.69, 9.17) is 16.3 Å². The summed E-state index contributed by atoms with van der Waals surface area (Å²) in [6.45, 7) is 2.86. The molecule has 0 unspecified atom stereocenters. The molecule has 2 aromatic heterocycles. The Balaban J connectivity index is 1.61. The average Bonchev–Trinajstić information content (AvgIpc) is 3.38. The van der Waals surface area contributed by atoms with Crippen molar-refractivity contribution in [1.29, 1.82) is 0 Å². The zero-order valence-electron chi connectivity index (χ0n) is 20.8. The van der Waals surface area contributed by atoms with E-state index in [9.17, 15) is 18.0 Å². The number of hydrogen-bond acceptors (Lipinski definition) is 6. The van der Waals surface area contributed by atoms with E-state index >= 15 is 0 Å². The monoisotopic (exact) mass is 544 g/mol. The number of carbonyl (C=O) groups excluding carboxylic acids is 1. The molecule has 4 aromatic rings.